The van der Waals surface area contributed by atoms with Crippen LogP contribution in [0.2, 0.25) is 0 Å². The molecular formula is C26H26BrNO. The summed E-state index contributed by atoms with van der Waals surface area (Å²) in [6.07, 6.45) is 4.21. The first kappa shape index (κ1) is 21.1. The molecule has 0 atom stereocenters. The third-order valence-electron chi connectivity index (χ3n) is 4.80. The summed E-state index contributed by atoms with van der Waals surface area (Å²) in [6, 6.07) is 22.1. The number of amides is 1. The van der Waals surface area contributed by atoms with Crippen LogP contribution in [0, 0.1) is 6.92 Å². The van der Waals surface area contributed by atoms with Crippen LogP contribution >= 0.6 is 15.9 Å². The van der Waals surface area contributed by atoms with E-state index < -0.39 is 0 Å². The highest BCUT2D eigenvalue weighted by Crippen LogP contribution is 2.32. The van der Waals surface area contributed by atoms with Crippen LogP contribution in [0.4, 0.5) is 5.69 Å². The SMILES string of the molecule is Cc1cccc(C(=O)Nc2ccc(C=Cc3ccccc3)cc2C(C)(C)C)c1Br. The summed E-state index contributed by atoms with van der Waals surface area (Å²) in [6.45, 7) is 8.46. The van der Waals surface area contributed by atoms with Gasteiger partial charge in [0, 0.05) is 10.2 Å². The molecule has 2 nitrogen and oxygen atoms in total. The van der Waals surface area contributed by atoms with E-state index in [2.05, 4.69) is 72.4 Å². The lowest BCUT2D eigenvalue weighted by molar-refractivity contribution is 0.102. The van der Waals surface area contributed by atoms with Gasteiger partial charge < -0.3 is 5.32 Å². The molecule has 0 radical (unpaired) electrons. The van der Waals surface area contributed by atoms with Gasteiger partial charge in [0.2, 0.25) is 0 Å². The Kier molecular flexibility index (Phi) is 6.39. The minimum atomic E-state index is -0.112. The average Bonchev–Trinajstić information content (AvgIpc) is 2.69. The van der Waals surface area contributed by atoms with Crippen molar-refractivity contribution in [1.29, 1.82) is 0 Å². The molecule has 0 bridgehead atoms. The largest absolute Gasteiger partial charge is 0.322 e. The summed E-state index contributed by atoms with van der Waals surface area (Å²) in [5.41, 5.74) is 5.77. The Morgan fingerprint density at radius 1 is 0.897 bits per heavy atom. The van der Waals surface area contributed by atoms with Crippen molar-refractivity contribution < 1.29 is 4.79 Å². The van der Waals surface area contributed by atoms with E-state index in [1.807, 2.05) is 55.5 Å². The van der Waals surface area contributed by atoms with Crippen LogP contribution in [0.25, 0.3) is 12.2 Å². The van der Waals surface area contributed by atoms with E-state index in [1.54, 1.807) is 0 Å². The first-order valence-corrected chi connectivity index (χ1v) is 10.5. The third-order valence-corrected chi connectivity index (χ3v) is 5.86. The average molecular weight is 448 g/mol. The Labute approximate surface area is 181 Å². The quantitative estimate of drug-likeness (QED) is 0.412. The van der Waals surface area contributed by atoms with Crippen LogP contribution in [0.5, 0.6) is 0 Å². The van der Waals surface area contributed by atoms with E-state index in [4.69, 9.17) is 0 Å². The van der Waals surface area contributed by atoms with E-state index in [9.17, 15) is 4.79 Å². The van der Waals surface area contributed by atoms with Gasteiger partial charge in [0.1, 0.15) is 0 Å². The van der Waals surface area contributed by atoms with Crippen LogP contribution in [-0.4, -0.2) is 5.91 Å². The second-order valence-corrected chi connectivity index (χ2v) is 8.98. The van der Waals surface area contributed by atoms with Gasteiger partial charge in [-0.3, -0.25) is 4.79 Å². The zero-order valence-corrected chi connectivity index (χ0v) is 18.9. The van der Waals surface area contributed by atoms with Gasteiger partial charge in [-0.05, 0) is 68.7 Å². The highest BCUT2D eigenvalue weighted by atomic mass is 79.9. The number of anilines is 1. The van der Waals surface area contributed by atoms with Gasteiger partial charge in [-0.1, -0.05) is 81.5 Å². The Bertz CT molecular complexity index is 1050. The summed E-state index contributed by atoms with van der Waals surface area (Å²) in [5, 5.41) is 3.11. The number of halogens is 1. The van der Waals surface area contributed by atoms with Gasteiger partial charge >= 0.3 is 0 Å². The molecule has 0 fully saturated rings. The van der Waals surface area contributed by atoms with Crippen molar-refractivity contribution in [2.75, 3.05) is 5.32 Å². The molecule has 0 aromatic heterocycles. The number of carbonyl (C=O) groups excluding carboxylic acids is 1. The number of hydrogen-bond donors (Lipinski definition) is 1. The van der Waals surface area contributed by atoms with Crippen molar-refractivity contribution in [3.05, 3.63) is 99.0 Å². The monoisotopic (exact) mass is 447 g/mol. The van der Waals surface area contributed by atoms with E-state index in [1.165, 1.54) is 0 Å². The molecule has 0 aliphatic rings. The smallest absolute Gasteiger partial charge is 0.256 e. The molecule has 0 unspecified atom stereocenters. The molecule has 3 aromatic rings. The lowest BCUT2D eigenvalue weighted by Gasteiger charge is -2.24. The van der Waals surface area contributed by atoms with E-state index >= 15 is 0 Å². The second-order valence-electron chi connectivity index (χ2n) is 8.19. The van der Waals surface area contributed by atoms with Crippen molar-refractivity contribution in [3.63, 3.8) is 0 Å². The molecule has 0 heterocycles. The van der Waals surface area contributed by atoms with Gasteiger partial charge in [-0.25, -0.2) is 0 Å². The Morgan fingerprint density at radius 3 is 2.28 bits per heavy atom. The summed E-state index contributed by atoms with van der Waals surface area (Å²) in [4.78, 5) is 12.9. The van der Waals surface area contributed by atoms with Crippen LogP contribution in [-0.2, 0) is 5.41 Å². The lowest BCUT2D eigenvalue weighted by atomic mass is 9.84. The van der Waals surface area contributed by atoms with Crippen LogP contribution in [0.1, 0.15) is 53.4 Å². The third kappa shape index (κ3) is 5.24. The van der Waals surface area contributed by atoms with Crippen LogP contribution < -0.4 is 5.32 Å². The number of nitrogens with one attached hydrogen (secondary N) is 1. The van der Waals surface area contributed by atoms with Crippen molar-refractivity contribution in [2.45, 2.75) is 33.1 Å². The maximum atomic E-state index is 12.9. The predicted octanol–water partition coefficient (Wildman–Crippen LogP) is 7.48. The zero-order valence-electron chi connectivity index (χ0n) is 17.3. The molecule has 3 heteroatoms. The highest BCUT2D eigenvalue weighted by Gasteiger charge is 2.20. The summed E-state index contributed by atoms with van der Waals surface area (Å²) >= 11 is 3.54. The number of rotatable bonds is 4. The standard InChI is InChI=1S/C26H26BrNO/c1-18-9-8-12-21(24(18)27)25(29)28-23-16-15-20(17-22(23)26(2,3)4)14-13-19-10-6-5-7-11-19/h5-17H,1-4H3,(H,28,29). The van der Waals surface area contributed by atoms with E-state index in [0.29, 0.717) is 5.56 Å². The molecule has 0 saturated carbocycles. The molecule has 29 heavy (non-hydrogen) atoms. The van der Waals surface area contributed by atoms with Crippen molar-refractivity contribution >= 4 is 39.7 Å². The number of hydrogen-bond acceptors (Lipinski definition) is 1. The van der Waals surface area contributed by atoms with Gasteiger partial charge in [0.05, 0.1) is 5.56 Å². The molecule has 1 N–H and O–H groups in total. The predicted molar refractivity (Wildman–Crippen MR) is 127 cm³/mol. The molecule has 1 amide bonds. The molecule has 0 aliphatic heterocycles. The van der Waals surface area contributed by atoms with Crippen molar-refractivity contribution in [2.24, 2.45) is 0 Å². The summed E-state index contributed by atoms with van der Waals surface area (Å²) in [7, 11) is 0. The Morgan fingerprint density at radius 2 is 1.59 bits per heavy atom. The minimum Gasteiger partial charge on any atom is -0.322 e. The molecule has 0 saturated heterocycles. The molecule has 0 spiro atoms. The van der Waals surface area contributed by atoms with Crippen molar-refractivity contribution in [1.82, 2.24) is 0 Å². The maximum absolute atomic E-state index is 12.9. The minimum absolute atomic E-state index is 0.108. The fourth-order valence-corrected chi connectivity index (χ4v) is 3.61. The van der Waals surface area contributed by atoms with Gasteiger partial charge in [0.25, 0.3) is 5.91 Å². The molecule has 3 rings (SSSR count). The normalized spacial score (nSPS) is 11.6. The summed E-state index contributed by atoms with van der Waals surface area (Å²) < 4.78 is 0.831. The van der Waals surface area contributed by atoms with E-state index in [0.717, 1.165) is 32.4 Å². The van der Waals surface area contributed by atoms with Crippen LogP contribution in [0.3, 0.4) is 0 Å². The zero-order chi connectivity index (χ0) is 21.0. The molecular weight excluding hydrogens is 422 g/mol. The molecule has 3 aromatic carbocycles. The number of benzene rings is 3. The number of aryl methyl sites for hydroxylation is 1. The maximum Gasteiger partial charge on any atom is 0.256 e. The number of carbonyl (C=O) groups is 1. The summed E-state index contributed by atoms with van der Waals surface area (Å²) in [5.74, 6) is -0.112. The first-order chi connectivity index (χ1) is 13.8. The molecule has 0 aliphatic carbocycles. The molecule has 148 valence electrons. The van der Waals surface area contributed by atoms with Gasteiger partial charge in [0.15, 0.2) is 0 Å². The Balaban J connectivity index is 1.91. The first-order valence-electron chi connectivity index (χ1n) is 9.70. The lowest BCUT2D eigenvalue weighted by Crippen LogP contribution is -2.19. The van der Waals surface area contributed by atoms with Crippen molar-refractivity contribution in [3.8, 4) is 0 Å². The van der Waals surface area contributed by atoms with E-state index in [-0.39, 0.29) is 11.3 Å². The fraction of sp³-hybridized carbons (Fsp3) is 0.192. The van der Waals surface area contributed by atoms with Gasteiger partial charge in [-0.15, -0.1) is 0 Å². The second kappa shape index (κ2) is 8.79. The fourth-order valence-electron chi connectivity index (χ4n) is 3.16. The van der Waals surface area contributed by atoms with Gasteiger partial charge in [-0.2, -0.15) is 0 Å². The highest BCUT2D eigenvalue weighted by molar-refractivity contribution is 9.10. The Hall–Kier alpha value is -2.65. The van der Waals surface area contributed by atoms with Crippen LogP contribution in [0.15, 0.2) is 71.2 Å². The topological polar surface area (TPSA) is 29.1 Å².